The minimum Gasteiger partial charge on any atom is -0.335 e. The number of nitro benzene ring substituents is 1. The third-order valence-corrected chi connectivity index (χ3v) is 4.28. The number of non-ortho nitro benzene ring substituents is 1. The SMILES string of the molecule is CNC1CCN(C2(N)N=CC=C(c3cccc([N+](=O)[O-])c3)N2)C1. The lowest BCUT2D eigenvalue weighted by Crippen LogP contribution is -2.64. The second-order valence-electron chi connectivity index (χ2n) is 5.74. The molecule has 8 nitrogen and oxygen atoms in total. The number of nitrogens with one attached hydrogen (secondary N) is 2. The Balaban J connectivity index is 1.81. The summed E-state index contributed by atoms with van der Waals surface area (Å²) in [6.07, 6.45) is 4.43. The smallest absolute Gasteiger partial charge is 0.270 e. The molecule has 1 aromatic carbocycles. The maximum atomic E-state index is 10.9. The lowest BCUT2D eigenvalue weighted by atomic mass is 10.1. The Bertz CT molecular complexity index is 674. The number of benzene rings is 1. The average Bonchev–Trinajstić information content (AvgIpc) is 3.05. The van der Waals surface area contributed by atoms with Gasteiger partial charge < -0.3 is 10.6 Å². The first-order valence-corrected chi connectivity index (χ1v) is 7.51. The van der Waals surface area contributed by atoms with Gasteiger partial charge in [-0.2, -0.15) is 0 Å². The Hall–Kier alpha value is -2.29. The molecular formula is C15H20N6O2. The van der Waals surface area contributed by atoms with E-state index in [0.717, 1.165) is 25.2 Å². The molecule has 4 N–H and O–H groups in total. The fourth-order valence-corrected chi connectivity index (χ4v) is 2.92. The minimum atomic E-state index is -1.03. The molecular weight excluding hydrogens is 296 g/mol. The summed E-state index contributed by atoms with van der Waals surface area (Å²) in [5.41, 5.74) is 7.90. The summed E-state index contributed by atoms with van der Waals surface area (Å²) in [5, 5.41) is 17.4. The van der Waals surface area contributed by atoms with E-state index in [9.17, 15) is 10.1 Å². The van der Waals surface area contributed by atoms with Crippen molar-refractivity contribution in [3.63, 3.8) is 0 Å². The van der Waals surface area contributed by atoms with Crippen molar-refractivity contribution in [2.24, 2.45) is 10.7 Å². The van der Waals surface area contributed by atoms with Gasteiger partial charge in [-0.3, -0.25) is 15.8 Å². The Morgan fingerprint density at radius 3 is 3.09 bits per heavy atom. The van der Waals surface area contributed by atoms with Gasteiger partial charge in [0.25, 0.3) is 5.69 Å². The molecule has 0 aromatic heterocycles. The van der Waals surface area contributed by atoms with E-state index in [0.29, 0.717) is 11.6 Å². The number of nitrogens with two attached hydrogens (primary N) is 1. The van der Waals surface area contributed by atoms with Gasteiger partial charge in [-0.25, -0.2) is 9.89 Å². The zero-order valence-electron chi connectivity index (χ0n) is 12.9. The average molecular weight is 316 g/mol. The summed E-state index contributed by atoms with van der Waals surface area (Å²) in [6, 6.07) is 6.85. The Kier molecular flexibility index (Phi) is 4.12. The van der Waals surface area contributed by atoms with Crippen LogP contribution < -0.4 is 16.4 Å². The Labute approximate surface area is 134 Å². The van der Waals surface area contributed by atoms with Crippen LogP contribution in [0.15, 0.2) is 35.3 Å². The van der Waals surface area contributed by atoms with Crippen molar-refractivity contribution in [1.29, 1.82) is 0 Å². The third-order valence-electron chi connectivity index (χ3n) is 4.28. The third kappa shape index (κ3) is 3.09. The Morgan fingerprint density at radius 1 is 1.57 bits per heavy atom. The standard InChI is InChI=1S/C15H20N6O2/c1-17-12-6-8-20(10-12)15(16)18-7-5-14(19-15)11-3-2-4-13(9-11)21(22)23/h2-5,7,9,12,17,19H,6,8,10,16H2,1H3. The molecule has 8 heteroatoms. The van der Waals surface area contributed by atoms with Gasteiger partial charge in [0.15, 0.2) is 0 Å². The highest BCUT2D eigenvalue weighted by atomic mass is 16.6. The van der Waals surface area contributed by atoms with E-state index < -0.39 is 10.8 Å². The molecule has 0 radical (unpaired) electrons. The van der Waals surface area contributed by atoms with Gasteiger partial charge in [0.05, 0.1) is 4.92 Å². The zero-order valence-corrected chi connectivity index (χ0v) is 12.9. The van der Waals surface area contributed by atoms with E-state index >= 15 is 0 Å². The monoisotopic (exact) mass is 316 g/mol. The van der Waals surface area contributed by atoms with E-state index in [1.807, 2.05) is 13.1 Å². The van der Waals surface area contributed by atoms with Crippen molar-refractivity contribution < 1.29 is 4.92 Å². The van der Waals surface area contributed by atoms with Gasteiger partial charge in [0, 0.05) is 48.7 Å². The van der Waals surface area contributed by atoms with E-state index in [2.05, 4.69) is 20.5 Å². The number of hydrogen-bond donors (Lipinski definition) is 3. The van der Waals surface area contributed by atoms with Crippen molar-refractivity contribution in [3.8, 4) is 0 Å². The molecule has 2 atom stereocenters. The van der Waals surface area contributed by atoms with Gasteiger partial charge >= 0.3 is 0 Å². The molecule has 0 spiro atoms. The molecule has 0 bridgehead atoms. The molecule has 0 saturated carbocycles. The number of aliphatic imine (C=N–C) groups is 1. The highest BCUT2D eigenvalue weighted by Gasteiger charge is 2.38. The number of hydrogen-bond acceptors (Lipinski definition) is 7. The summed E-state index contributed by atoms with van der Waals surface area (Å²) in [6.45, 7) is 1.62. The fourth-order valence-electron chi connectivity index (χ4n) is 2.92. The van der Waals surface area contributed by atoms with E-state index in [1.54, 1.807) is 18.4 Å². The van der Waals surface area contributed by atoms with Crippen LogP contribution in [0.25, 0.3) is 5.70 Å². The Morgan fingerprint density at radius 2 is 2.39 bits per heavy atom. The van der Waals surface area contributed by atoms with Crippen molar-refractivity contribution in [2.75, 3.05) is 20.1 Å². The van der Waals surface area contributed by atoms with Crippen LogP contribution in [0.5, 0.6) is 0 Å². The number of allylic oxidation sites excluding steroid dienone is 1. The maximum Gasteiger partial charge on any atom is 0.270 e. The van der Waals surface area contributed by atoms with Crippen LogP contribution in [0.2, 0.25) is 0 Å². The van der Waals surface area contributed by atoms with Crippen LogP contribution in [-0.4, -0.2) is 48.1 Å². The van der Waals surface area contributed by atoms with E-state index in [-0.39, 0.29) is 5.69 Å². The highest BCUT2D eigenvalue weighted by Crippen LogP contribution is 2.25. The van der Waals surface area contributed by atoms with Crippen molar-refractivity contribution >= 4 is 17.6 Å². The molecule has 122 valence electrons. The normalized spacial score (nSPS) is 27.6. The predicted molar refractivity (Wildman–Crippen MR) is 88.7 cm³/mol. The van der Waals surface area contributed by atoms with E-state index in [4.69, 9.17) is 5.73 Å². The largest absolute Gasteiger partial charge is 0.335 e. The first kappa shape index (κ1) is 15.6. The second kappa shape index (κ2) is 6.07. The number of likely N-dealkylation sites (tertiary alicyclic amines) is 1. The summed E-state index contributed by atoms with van der Waals surface area (Å²) >= 11 is 0. The summed E-state index contributed by atoms with van der Waals surface area (Å²) < 4.78 is 0. The fraction of sp³-hybridized carbons (Fsp3) is 0.400. The van der Waals surface area contributed by atoms with Crippen LogP contribution in [-0.2, 0) is 0 Å². The molecule has 2 heterocycles. The highest BCUT2D eigenvalue weighted by molar-refractivity contribution is 5.86. The molecule has 23 heavy (non-hydrogen) atoms. The van der Waals surface area contributed by atoms with Gasteiger partial charge in [-0.1, -0.05) is 12.1 Å². The van der Waals surface area contributed by atoms with E-state index in [1.165, 1.54) is 12.1 Å². The first-order valence-electron chi connectivity index (χ1n) is 7.51. The molecule has 3 rings (SSSR count). The van der Waals surface area contributed by atoms with Gasteiger partial charge in [0.1, 0.15) is 0 Å². The van der Waals surface area contributed by atoms with Crippen LogP contribution >= 0.6 is 0 Å². The number of rotatable bonds is 4. The molecule has 1 aromatic rings. The summed E-state index contributed by atoms with van der Waals surface area (Å²) in [7, 11) is 1.93. The van der Waals surface area contributed by atoms with Crippen LogP contribution in [0, 0.1) is 10.1 Å². The van der Waals surface area contributed by atoms with Gasteiger partial charge in [-0.15, -0.1) is 0 Å². The number of nitrogens with zero attached hydrogens (tertiary/aromatic N) is 3. The van der Waals surface area contributed by atoms with Gasteiger partial charge in [0.2, 0.25) is 5.91 Å². The lowest BCUT2D eigenvalue weighted by Gasteiger charge is -2.38. The second-order valence-corrected chi connectivity index (χ2v) is 5.74. The molecule has 0 amide bonds. The minimum absolute atomic E-state index is 0.0479. The molecule has 1 saturated heterocycles. The van der Waals surface area contributed by atoms with Crippen molar-refractivity contribution in [1.82, 2.24) is 15.5 Å². The number of nitro groups is 1. The predicted octanol–water partition coefficient (Wildman–Crippen LogP) is 0.473. The van der Waals surface area contributed by atoms with Gasteiger partial charge in [-0.05, 0) is 19.5 Å². The quantitative estimate of drug-likeness (QED) is 0.550. The van der Waals surface area contributed by atoms with Crippen LogP contribution in [0.3, 0.4) is 0 Å². The van der Waals surface area contributed by atoms with Crippen LogP contribution in [0.4, 0.5) is 5.69 Å². The lowest BCUT2D eigenvalue weighted by molar-refractivity contribution is -0.384. The molecule has 1 fully saturated rings. The molecule has 2 unspecified atom stereocenters. The van der Waals surface area contributed by atoms with Crippen LogP contribution in [0.1, 0.15) is 12.0 Å². The topological polar surface area (TPSA) is 109 Å². The zero-order chi connectivity index (χ0) is 16.4. The first-order chi connectivity index (χ1) is 11.0. The summed E-state index contributed by atoms with van der Waals surface area (Å²) in [5.74, 6) is -1.03. The molecule has 2 aliphatic heterocycles. The summed E-state index contributed by atoms with van der Waals surface area (Å²) in [4.78, 5) is 17.0. The number of likely N-dealkylation sites (N-methyl/N-ethyl adjacent to an activating group) is 1. The molecule has 0 aliphatic carbocycles. The molecule has 2 aliphatic rings. The van der Waals surface area contributed by atoms with Crippen molar-refractivity contribution in [3.05, 3.63) is 46.0 Å². The van der Waals surface area contributed by atoms with Crippen molar-refractivity contribution in [2.45, 2.75) is 18.4 Å². The maximum absolute atomic E-state index is 10.9.